The molecule has 1 unspecified atom stereocenters. The number of ether oxygens (including phenoxy) is 2. The Balaban J connectivity index is 1.75. The van der Waals surface area contributed by atoms with Gasteiger partial charge in [0.1, 0.15) is 11.5 Å². The maximum Gasteiger partial charge on any atom is 0.237 e. The molecule has 29 heavy (non-hydrogen) atoms. The smallest absolute Gasteiger partial charge is 0.237 e. The van der Waals surface area contributed by atoms with Crippen LogP contribution in [-0.4, -0.2) is 49.1 Å². The minimum atomic E-state index is 0.152. The quantitative estimate of drug-likeness (QED) is 0.668. The van der Waals surface area contributed by atoms with Gasteiger partial charge >= 0.3 is 0 Å². The van der Waals surface area contributed by atoms with Crippen LogP contribution in [0, 0.1) is 0 Å². The van der Waals surface area contributed by atoms with Gasteiger partial charge in [0.2, 0.25) is 5.91 Å². The van der Waals surface area contributed by atoms with E-state index >= 15 is 0 Å². The van der Waals surface area contributed by atoms with Crippen LogP contribution in [0.25, 0.3) is 0 Å². The zero-order valence-corrected chi connectivity index (χ0v) is 17.9. The Hall–Kier alpha value is -2.53. The molecule has 156 valence electrons. The Morgan fingerprint density at radius 1 is 1.14 bits per heavy atom. The van der Waals surface area contributed by atoms with Gasteiger partial charge in [-0.25, -0.2) is 0 Å². The van der Waals surface area contributed by atoms with Crippen molar-refractivity contribution in [1.29, 1.82) is 0 Å². The molecule has 0 saturated carbocycles. The van der Waals surface area contributed by atoms with Crippen LogP contribution < -0.4 is 9.47 Å². The zero-order valence-electron chi connectivity index (χ0n) is 17.9. The molecule has 5 nitrogen and oxygen atoms in total. The number of likely N-dealkylation sites (tertiary alicyclic amines) is 1. The third-order valence-corrected chi connectivity index (χ3v) is 5.64. The van der Waals surface area contributed by atoms with Crippen molar-refractivity contribution >= 4 is 5.91 Å². The molecule has 5 heteroatoms. The van der Waals surface area contributed by atoms with Gasteiger partial charge in [-0.15, -0.1) is 0 Å². The van der Waals surface area contributed by atoms with Crippen molar-refractivity contribution in [3.63, 3.8) is 0 Å². The zero-order chi connectivity index (χ0) is 20.8. The molecule has 1 atom stereocenters. The number of carbonyl (C=O) groups is 1. The van der Waals surface area contributed by atoms with Gasteiger partial charge in [-0.05, 0) is 44.9 Å². The number of benzene rings is 2. The van der Waals surface area contributed by atoms with E-state index in [2.05, 4.69) is 36.9 Å². The molecule has 0 spiro atoms. The second-order valence-corrected chi connectivity index (χ2v) is 7.84. The fraction of sp³-hybridized carbons (Fsp3) is 0.458. The Kier molecular flexibility index (Phi) is 7.15. The van der Waals surface area contributed by atoms with Gasteiger partial charge in [-0.1, -0.05) is 36.4 Å². The summed E-state index contributed by atoms with van der Waals surface area (Å²) in [5, 5.41) is 0. The SMILES string of the molecule is COc1ccc(C2CCCN2CC(=O)N(Cc2ccccc2)C(C)C)c(OC)c1. The minimum absolute atomic E-state index is 0.152. The van der Waals surface area contributed by atoms with Gasteiger partial charge in [0, 0.05) is 30.3 Å². The summed E-state index contributed by atoms with van der Waals surface area (Å²) >= 11 is 0. The summed E-state index contributed by atoms with van der Waals surface area (Å²) in [6.07, 6.45) is 2.10. The van der Waals surface area contributed by atoms with Crippen LogP contribution in [0.2, 0.25) is 0 Å². The Morgan fingerprint density at radius 3 is 2.55 bits per heavy atom. The number of carbonyl (C=O) groups excluding carboxylic acids is 1. The summed E-state index contributed by atoms with van der Waals surface area (Å²) in [5.41, 5.74) is 2.28. The van der Waals surface area contributed by atoms with Crippen LogP contribution in [0.5, 0.6) is 11.5 Å². The van der Waals surface area contributed by atoms with Crippen molar-refractivity contribution in [1.82, 2.24) is 9.80 Å². The highest BCUT2D eigenvalue weighted by Crippen LogP contribution is 2.38. The van der Waals surface area contributed by atoms with Gasteiger partial charge in [-0.2, -0.15) is 0 Å². The van der Waals surface area contributed by atoms with Crippen LogP contribution >= 0.6 is 0 Å². The lowest BCUT2D eigenvalue weighted by Gasteiger charge is -2.31. The highest BCUT2D eigenvalue weighted by molar-refractivity contribution is 5.78. The van der Waals surface area contributed by atoms with Crippen molar-refractivity contribution in [3.8, 4) is 11.5 Å². The van der Waals surface area contributed by atoms with Gasteiger partial charge in [0.25, 0.3) is 0 Å². The van der Waals surface area contributed by atoms with Crippen molar-refractivity contribution in [2.24, 2.45) is 0 Å². The molecule has 1 aliphatic rings. The normalized spacial score (nSPS) is 16.8. The molecule has 0 bridgehead atoms. The second-order valence-electron chi connectivity index (χ2n) is 7.84. The summed E-state index contributed by atoms with van der Waals surface area (Å²) in [4.78, 5) is 17.5. The highest BCUT2D eigenvalue weighted by atomic mass is 16.5. The van der Waals surface area contributed by atoms with Crippen molar-refractivity contribution in [3.05, 3.63) is 59.7 Å². The van der Waals surface area contributed by atoms with Crippen molar-refractivity contribution < 1.29 is 14.3 Å². The molecule has 0 aromatic heterocycles. The summed E-state index contributed by atoms with van der Waals surface area (Å²) in [6, 6.07) is 16.5. The molecular formula is C24H32N2O3. The first kappa shape index (κ1) is 21.2. The third kappa shape index (κ3) is 5.10. The predicted molar refractivity (Wildman–Crippen MR) is 115 cm³/mol. The fourth-order valence-electron chi connectivity index (χ4n) is 4.06. The largest absolute Gasteiger partial charge is 0.497 e. The Labute approximate surface area is 174 Å². The standard InChI is InChI=1S/C24H32N2O3/c1-18(2)26(16-19-9-6-5-7-10-19)24(27)17-25-14-8-11-22(25)21-13-12-20(28-3)15-23(21)29-4/h5-7,9-10,12-13,15,18,22H,8,11,14,16-17H2,1-4H3. The predicted octanol–water partition coefficient (Wildman–Crippen LogP) is 4.28. The summed E-state index contributed by atoms with van der Waals surface area (Å²) in [6.45, 7) is 6.14. The topological polar surface area (TPSA) is 42.0 Å². The van der Waals surface area contributed by atoms with Crippen molar-refractivity contribution in [2.75, 3.05) is 27.3 Å². The molecule has 1 saturated heterocycles. The van der Waals surface area contributed by atoms with E-state index in [1.54, 1.807) is 14.2 Å². The van der Waals surface area contributed by atoms with E-state index in [4.69, 9.17) is 9.47 Å². The molecule has 1 amide bonds. The maximum atomic E-state index is 13.2. The van der Waals surface area contributed by atoms with E-state index in [1.807, 2.05) is 35.2 Å². The van der Waals surface area contributed by atoms with Gasteiger partial charge in [0.05, 0.1) is 20.8 Å². The highest BCUT2D eigenvalue weighted by Gasteiger charge is 2.31. The van der Waals surface area contributed by atoms with Crippen LogP contribution in [-0.2, 0) is 11.3 Å². The maximum absolute atomic E-state index is 13.2. The first-order valence-corrected chi connectivity index (χ1v) is 10.3. The summed E-state index contributed by atoms with van der Waals surface area (Å²) in [7, 11) is 3.34. The van der Waals surface area contributed by atoms with Crippen LogP contribution in [0.1, 0.15) is 43.9 Å². The van der Waals surface area contributed by atoms with E-state index in [1.165, 1.54) is 0 Å². The molecule has 1 aliphatic heterocycles. The number of rotatable bonds is 8. The average molecular weight is 397 g/mol. The van der Waals surface area contributed by atoms with Gasteiger partial charge < -0.3 is 14.4 Å². The average Bonchev–Trinajstić information content (AvgIpc) is 3.19. The molecule has 0 radical (unpaired) electrons. The van der Waals surface area contributed by atoms with E-state index in [0.717, 1.165) is 42.0 Å². The van der Waals surface area contributed by atoms with E-state index in [-0.39, 0.29) is 18.0 Å². The number of methoxy groups -OCH3 is 2. The van der Waals surface area contributed by atoms with E-state index < -0.39 is 0 Å². The lowest BCUT2D eigenvalue weighted by atomic mass is 10.0. The lowest BCUT2D eigenvalue weighted by Crippen LogP contribution is -2.43. The lowest BCUT2D eigenvalue weighted by molar-refractivity contribution is -0.135. The van der Waals surface area contributed by atoms with Crippen molar-refractivity contribution in [2.45, 2.75) is 45.3 Å². The van der Waals surface area contributed by atoms with Gasteiger partial charge in [-0.3, -0.25) is 9.69 Å². The summed E-state index contributed by atoms with van der Waals surface area (Å²) in [5.74, 6) is 1.77. The number of nitrogens with zero attached hydrogens (tertiary/aromatic N) is 2. The number of amides is 1. The van der Waals surface area contributed by atoms with E-state index in [9.17, 15) is 4.79 Å². The van der Waals surface area contributed by atoms with Crippen LogP contribution in [0.4, 0.5) is 0 Å². The molecular weight excluding hydrogens is 364 g/mol. The molecule has 2 aromatic rings. The molecule has 3 rings (SSSR count). The fourth-order valence-corrected chi connectivity index (χ4v) is 4.06. The second kappa shape index (κ2) is 9.79. The van der Waals surface area contributed by atoms with E-state index in [0.29, 0.717) is 13.1 Å². The Morgan fingerprint density at radius 2 is 1.90 bits per heavy atom. The molecule has 0 aliphatic carbocycles. The molecule has 1 heterocycles. The monoisotopic (exact) mass is 396 g/mol. The number of hydrogen-bond acceptors (Lipinski definition) is 4. The Bertz CT molecular complexity index is 807. The molecule has 0 N–H and O–H groups in total. The number of hydrogen-bond donors (Lipinski definition) is 0. The van der Waals surface area contributed by atoms with Gasteiger partial charge in [0.15, 0.2) is 0 Å². The first-order valence-electron chi connectivity index (χ1n) is 10.3. The third-order valence-electron chi connectivity index (χ3n) is 5.64. The minimum Gasteiger partial charge on any atom is -0.497 e. The summed E-state index contributed by atoms with van der Waals surface area (Å²) < 4.78 is 10.9. The first-order chi connectivity index (χ1) is 14.0. The van der Waals surface area contributed by atoms with Crippen LogP contribution in [0.3, 0.4) is 0 Å². The molecule has 1 fully saturated rings. The molecule has 2 aromatic carbocycles. The van der Waals surface area contributed by atoms with Crippen LogP contribution in [0.15, 0.2) is 48.5 Å².